The maximum atomic E-state index is 4.92. The molecule has 0 aliphatic heterocycles. The van der Waals surface area contributed by atoms with E-state index in [0.29, 0.717) is 0 Å². The maximum absolute atomic E-state index is 4.92. The molecule has 0 fully saturated rings. The van der Waals surface area contributed by atoms with E-state index in [1.54, 1.807) is 0 Å². The average molecular weight is 781 g/mol. The normalized spacial score (nSPS) is 11.0. The van der Waals surface area contributed by atoms with Crippen molar-refractivity contribution in [3.05, 3.63) is 231 Å². The molecular formula is C57H40N4. The van der Waals surface area contributed by atoms with Gasteiger partial charge >= 0.3 is 0 Å². The molecule has 0 aliphatic rings. The summed E-state index contributed by atoms with van der Waals surface area (Å²) < 4.78 is 0. The van der Waals surface area contributed by atoms with Crippen molar-refractivity contribution in [2.75, 3.05) is 0 Å². The third-order valence-corrected chi connectivity index (χ3v) is 11.2. The minimum atomic E-state index is 0.892. The average Bonchev–Trinajstić information content (AvgIpc) is 3.35. The van der Waals surface area contributed by atoms with Crippen LogP contribution >= 0.6 is 0 Å². The van der Waals surface area contributed by atoms with E-state index in [4.69, 9.17) is 15.0 Å². The molecular weight excluding hydrogens is 741 g/mol. The van der Waals surface area contributed by atoms with Gasteiger partial charge in [0.2, 0.25) is 0 Å². The van der Waals surface area contributed by atoms with Gasteiger partial charge in [-0.05, 0) is 106 Å². The van der Waals surface area contributed by atoms with Crippen LogP contribution in [0.2, 0.25) is 0 Å². The van der Waals surface area contributed by atoms with Crippen LogP contribution in [0.15, 0.2) is 225 Å². The van der Waals surface area contributed by atoms with Crippen molar-refractivity contribution in [1.82, 2.24) is 19.9 Å². The Balaban J connectivity index is 1.11. The van der Waals surface area contributed by atoms with E-state index in [1.807, 2.05) is 74.2 Å². The SMILES string of the molecule is Cc1ccc(-c2ccc(-c3ccccc3-c3cc(-c4ccccc4-c4ccc(-c5ccccc5)nc4)cc(-c4ccccc4-c4ccc(-c5ccccc5)nc4)c3)cn2)cn1. The molecule has 4 aromatic heterocycles. The number of nitrogens with zero attached hydrogens (tertiary/aromatic N) is 4. The van der Waals surface area contributed by atoms with Gasteiger partial charge in [0.05, 0.1) is 17.1 Å². The van der Waals surface area contributed by atoms with Gasteiger partial charge in [0.25, 0.3) is 0 Å². The molecule has 0 radical (unpaired) electrons. The van der Waals surface area contributed by atoms with Gasteiger partial charge in [-0.2, -0.15) is 0 Å². The van der Waals surface area contributed by atoms with E-state index < -0.39 is 0 Å². The molecule has 0 atom stereocenters. The number of hydrogen-bond acceptors (Lipinski definition) is 4. The summed E-state index contributed by atoms with van der Waals surface area (Å²) in [6.45, 7) is 2.00. The van der Waals surface area contributed by atoms with E-state index in [-0.39, 0.29) is 0 Å². The lowest BCUT2D eigenvalue weighted by Gasteiger charge is -2.18. The van der Waals surface area contributed by atoms with Crippen LogP contribution in [0.3, 0.4) is 0 Å². The first-order chi connectivity index (χ1) is 30.1. The fourth-order valence-electron chi connectivity index (χ4n) is 8.06. The Morgan fingerprint density at radius 1 is 0.230 bits per heavy atom. The van der Waals surface area contributed by atoms with E-state index in [9.17, 15) is 0 Å². The van der Waals surface area contributed by atoms with E-state index >= 15 is 0 Å². The molecule has 0 saturated heterocycles. The highest BCUT2D eigenvalue weighted by Crippen LogP contribution is 2.42. The number of aryl methyl sites for hydroxylation is 1. The molecule has 4 nitrogen and oxygen atoms in total. The third-order valence-electron chi connectivity index (χ3n) is 11.2. The number of pyridine rings is 4. The van der Waals surface area contributed by atoms with Crippen molar-refractivity contribution in [2.24, 2.45) is 0 Å². The maximum Gasteiger partial charge on any atom is 0.0717 e. The summed E-state index contributed by atoms with van der Waals surface area (Å²) in [5.41, 5.74) is 20.2. The van der Waals surface area contributed by atoms with Crippen molar-refractivity contribution < 1.29 is 0 Å². The van der Waals surface area contributed by atoms with Crippen molar-refractivity contribution in [3.63, 3.8) is 0 Å². The van der Waals surface area contributed by atoms with Crippen molar-refractivity contribution in [1.29, 1.82) is 0 Å². The molecule has 0 spiro atoms. The quantitative estimate of drug-likeness (QED) is 0.146. The Kier molecular flexibility index (Phi) is 10.2. The first kappa shape index (κ1) is 37.2. The second kappa shape index (κ2) is 16.6. The lowest BCUT2D eigenvalue weighted by Crippen LogP contribution is -1.93. The number of aromatic nitrogens is 4. The Bertz CT molecular complexity index is 2940. The molecule has 4 heterocycles. The van der Waals surface area contributed by atoms with Crippen molar-refractivity contribution in [3.8, 4) is 101 Å². The number of rotatable bonds is 9. The van der Waals surface area contributed by atoms with Gasteiger partial charge < -0.3 is 0 Å². The minimum Gasteiger partial charge on any atom is -0.261 e. The van der Waals surface area contributed by atoms with Crippen LogP contribution in [-0.2, 0) is 0 Å². The second-order valence-electron chi connectivity index (χ2n) is 15.2. The van der Waals surface area contributed by atoms with Crippen LogP contribution in [0.25, 0.3) is 101 Å². The lowest BCUT2D eigenvalue weighted by atomic mass is 9.86. The predicted molar refractivity (Wildman–Crippen MR) is 251 cm³/mol. The summed E-state index contributed by atoms with van der Waals surface area (Å²) in [7, 11) is 0. The van der Waals surface area contributed by atoms with Gasteiger partial charge in [-0.25, -0.2) is 0 Å². The summed E-state index contributed by atoms with van der Waals surface area (Å²) in [4.78, 5) is 19.2. The molecule has 4 heteroatoms. The second-order valence-corrected chi connectivity index (χ2v) is 15.2. The van der Waals surface area contributed by atoms with Gasteiger partial charge in [-0.15, -0.1) is 0 Å². The van der Waals surface area contributed by atoms with Crippen molar-refractivity contribution in [2.45, 2.75) is 6.92 Å². The van der Waals surface area contributed by atoms with Gasteiger partial charge in [0, 0.05) is 63.9 Å². The van der Waals surface area contributed by atoms with Gasteiger partial charge in [-0.3, -0.25) is 19.9 Å². The highest BCUT2D eigenvalue weighted by atomic mass is 14.7. The molecule has 0 bridgehead atoms. The summed E-state index contributed by atoms with van der Waals surface area (Å²) in [6, 6.07) is 70.4. The Morgan fingerprint density at radius 3 is 0.836 bits per heavy atom. The molecule has 61 heavy (non-hydrogen) atoms. The molecule has 0 amide bonds. The first-order valence-electron chi connectivity index (χ1n) is 20.5. The minimum absolute atomic E-state index is 0.892. The lowest BCUT2D eigenvalue weighted by molar-refractivity contribution is 1.19. The number of hydrogen-bond donors (Lipinski definition) is 0. The molecule has 288 valence electrons. The topological polar surface area (TPSA) is 51.6 Å². The molecule has 0 saturated carbocycles. The highest BCUT2D eigenvalue weighted by molar-refractivity contribution is 5.94. The van der Waals surface area contributed by atoms with Crippen molar-refractivity contribution >= 4 is 0 Å². The molecule has 10 aromatic rings. The summed E-state index contributed by atoms with van der Waals surface area (Å²) in [5, 5.41) is 0. The molecule has 0 aliphatic carbocycles. The van der Waals surface area contributed by atoms with Crippen LogP contribution in [0, 0.1) is 6.92 Å². The Labute approximate surface area is 356 Å². The predicted octanol–water partition coefficient (Wildman–Crippen LogP) is 14.6. The fraction of sp³-hybridized carbons (Fsp3) is 0.0175. The monoisotopic (exact) mass is 780 g/mol. The van der Waals surface area contributed by atoms with Gasteiger partial charge in [0.15, 0.2) is 0 Å². The summed E-state index contributed by atoms with van der Waals surface area (Å²) in [6.07, 6.45) is 7.84. The van der Waals surface area contributed by atoms with E-state index in [2.05, 4.69) is 163 Å². The van der Waals surface area contributed by atoms with Gasteiger partial charge in [-0.1, -0.05) is 152 Å². The smallest absolute Gasteiger partial charge is 0.0717 e. The number of benzene rings is 6. The summed E-state index contributed by atoms with van der Waals surface area (Å²) in [5.74, 6) is 0. The van der Waals surface area contributed by atoms with E-state index in [1.165, 1.54) is 0 Å². The van der Waals surface area contributed by atoms with Crippen LogP contribution in [-0.4, -0.2) is 19.9 Å². The van der Waals surface area contributed by atoms with E-state index in [0.717, 1.165) is 106 Å². The fourth-order valence-corrected chi connectivity index (χ4v) is 8.06. The van der Waals surface area contributed by atoms with Crippen LogP contribution in [0.5, 0.6) is 0 Å². The molecule has 6 aromatic carbocycles. The van der Waals surface area contributed by atoms with Gasteiger partial charge in [0.1, 0.15) is 0 Å². The van der Waals surface area contributed by atoms with Crippen LogP contribution in [0.1, 0.15) is 5.69 Å². The standard InChI is InChI=1S/C57H40N4/c1-39-24-25-45(38-58-39)57-31-28-44(37-61-57)51-20-10-13-23-54(51)48-33-46(52-21-11-8-18-49(52)42-26-29-55(59-35-42)40-14-4-2-5-15-40)32-47(34-48)53-22-12-9-19-50(53)43-27-30-56(60-36-43)41-16-6-3-7-17-41/h2-38H,1H3. The largest absolute Gasteiger partial charge is 0.261 e. The molecule has 0 N–H and O–H groups in total. The molecule has 10 rings (SSSR count). The Morgan fingerprint density at radius 2 is 0.525 bits per heavy atom. The zero-order valence-electron chi connectivity index (χ0n) is 33.7. The van der Waals surface area contributed by atoms with Crippen LogP contribution in [0.4, 0.5) is 0 Å². The van der Waals surface area contributed by atoms with Crippen LogP contribution < -0.4 is 0 Å². The zero-order valence-corrected chi connectivity index (χ0v) is 33.7. The third kappa shape index (κ3) is 7.78. The first-order valence-corrected chi connectivity index (χ1v) is 20.5. The Hall–Kier alpha value is -8.08. The summed E-state index contributed by atoms with van der Waals surface area (Å²) >= 11 is 0. The molecule has 0 unspecified atom stereocenters. The highest BCUT2D eigenvalue weighted by Gasteiger charge is 2.17. The zero-order chi connectivity index (χ0) is 41.0.